The van der Waals surface area contributed by atoms with Crippen LogP contribution in [0.2, 0.25) is 0 Å². The van der Waals surface area contributed by atoms with Gasteiger partial charge in [-0.3, -0.25) is 4.21 Å². The second-order valence-electron chi connectivity index (χ2n) is 6.69. The average molecular weight is 308 g/mol. The molecule has 0 N–H and O–H groups in total. The molecular weight excluding hydrogens is 278 g/mol. The van der Waals surface area contributed by atoms with Crippen molar-refractivity contribution in [2.75, 3.05) is 19.3 Å². The van der Waals surface area contributed by atoms with Crippen LogP contribution in [0.4, 0.5) is 0 Å². The standard InChI is InChI=1S/C18H29NOS/c1-5-11-21(4,20)19-13-17(14-19)18(12-15(2)3)16-9-7-6-8-10-16/h6-11,15,17-18H,5,12-14H2,1-4H3. The maximum Gasteiger partial charge on any atom is 0.0275 e. The predicted molar refractivity (Wildman–Crippen MR) is 94.1 cm³/mol. The van der Waals surface area contributed by atoms with Crippen LogP contribution >= 0.6 is 0 Å². The van der Waals surface area contributed by atoms with E-state index in [9.17, 15) is 4.21 Å². The van der Waals surface area contributed by atoms with Crippen LogP contribution in [0.25, 0.3) is 0 Å². The highest BCUT2D eigenvalue weighted by Gasteiger charge is 2.37. The van der Waals surface area contributed by atoms with E-state index < -0.39 is 9.71 Å². The van der Waals surface area contributed by atoms with E-state index in [2.05, 4.69) is 55.4 Å². The third-order valence-corrected chi connectivity index (χ3v) is 6.66. The van der Waals surface area contributed by atoms with Gasteiger partial charge >= 0.3 is 0 Å². The lowest BCUT2D eigenvalue weighted by molar-refractivity contribution is 0.165. The molecule has 0 spiro atoms. The van der Waals surface area contributed by atoms with E-state index in [0.717, 1.165) is 19.5 Å². The van der Waals surface area contributed by atoms with Crippen LogP contribution in [0, 0.1) is 11.8 Å². The Labute approximate surface area is 130 Å². The molecule has 2 nitrogen and oxygen atoms in total. The van der Waals surface area contributed by atoms with Crippen LogP contribution < -0.4 is 0 Å². The first-order valence-corrected chi connectivity index (χ1v) is 10.0. The van der Waals surface area contributed by atoms with Crippen molar-refractivity contribution in [3.05, 3.63) is 35.9 Å². The minimum atomic E-state index is -1.89. The van der Waals surface area contributed by atoms with E-state index in [4.69, 9.17) is 0 Å². The normalized spacial score (nSPS) is 20.8. The highest BCUT2D eigenvalue weighted by atomic mass is 32.2. The molecule has 21 heavy (non-hydrogen) atoms. The first-order valence-electron chi connectivity index (χ1n) is 8.06. The van der Waals surface area contributed by atoms with Gasteiger partial charge in [-0.2, -0.15) is 0 Å². The molecule has 1 saturated heterocycles. The second kappa shape index (κ2) is 6.97. The highest BCUT2D eigenvalue weighted by Crippen LogP contribution is 2.37. The molecule has 1 aromatic rings. The fourth-order valence-electron chi connectivity index (χ4n) is 3.24. The Morgan fingerprint density at radius 2 is 1.90 bits per heavy atom. The molecule has 0 aliphatic carbocycles. The molecule has 0 amide bonds. The summed E-state index contributed by atoms with van der Waals surface area (Å²) in [6.45, 7) is 8.59. The fraction of sp³-hybridized carbons (Fsp3) is 0.611. The van der Waals surface area contributed by atoms with Crippen LogP contribution in [-0.2, 0) is 9.71 Å². The number of hydrogen-bond acceptors (Lipinski definition) is 1. The zero-order chi connectivity index (χ0) is 15.5. The smallest absolute Gasteiger partial charge is 0.0275 e. The van der Waals surface area contributed by atoms with Crippen molar-refractivity contribution in [3.63, 3.8) is 0 Å². The largest absolute Gasteiger partial charge is 0.253 e. The summed E-state index contributed by atoms with van der Waals surface area (Å²) in [7, 11) is -1.89. The van der Waals surface area contributed by atoms with Crippen LogP contribution in [0.5, 0.6) is 0 Å². The molecule has 0 aromatic heterocycles. The van der Waals surface area contributed by atoms with Gasteiger partial charge < -0.3 is 0 Å². The van der Waals surface area contributed by atoms with Crippen molar-refractivity contribution in [2.24, 2.45) is 11.8 Å². The van der Waals surface area contributed by atoms with Crippen molar-refractivity contribution in [1.82, 2.24) is 4.31 Å². The summed E-state index contributed by atoms with van der Waals surface area (Å²) >= 11 is 0. The third-order valence-electron chi connectivity index (χ3n) is 4.39. The Balaban J connectivity index is 2.09. The molecule has 2 rings (SSSR count). The molecule has 3 heteroatoms. The fourth-order valence-corrected chi connectivity index (χ4v) is 5.05. The van der Waals surface area contributed by atoms with E-state index in [0.29, 0.717) is 17.8 Å². The Hall–Kier alpha value is -0.800. The maximum absolute atomic E-state index is 12.6. The number of benzene rings is 1. The summed E-state index contributed by atoms with van der Waals surface area (Å²) in [6.07, 6.45) is 3.97. The first-order chi connectivity index (χ1) is 9.94. The summed E-state index contributed by atoms with van der Waals surface area (Å²) in [5.41, 5.74) is 1.44. The molecule has 1 aliphatic rings. The predicted octanol–water partition coefficient (Wildman–Crippen LogP) is 3.79. The lowest BCUT2D eigenvalue weighted by Crippen LogP contribution is -2.52. The lowest BCUT2D eigenvalue weighted by Gasteiger charge is -2.45. The van der Waals surface area contributed by atoms with Crippen molar-refractivity contribution in [1.29, 1.82) is 0 Å². The van der Waals surface area contributed by atoms with Gasteiger partial charge in [0.05, 0.1) is 0 Å². The molecule has 2 unspecified atom stereocenters. The third kappa shape index (κ3) is 4.10. The van der Waals surface area contributed by atoms with Gasteiger partial charge in [0.25, 0.3) is 0 Å². The van der Waals surface area contributed by atoms with Crippen molar-refractivity contribution in [2.45, 2.75) is 39.5 Å². The molecule has 118 valence electrons. The van der Waals surface area contributed by atoms with Crippen LogP contribution in [-0.4, -0.2) is 33.2 Å². The topological polar surface area (TPSA) is 20.3 Å². The Morgan fingerprint density at radius 3 is 2.43 bits per heavy atom. The minimum absolute atomic E-state index is 0.597. The van der Waals surface area contributed by atoms with Gasteiger partial charge in [0.15, 0.2) is 0 Å². The Kier molecular flexibility index (Phi) is 5.50. The number of rotatable bonds is 6. The molecular formula is C18H29NOS. The molecule has 0 bridgehead atoms. The summed E-state index contributed by atoms with van der Waals surface area (Å²) in [6, 6.07) is 10.8. The number of hydrogen-bond donors (Lipinski definition) is 0. The minimum Gasteiger partial charge on any atom is -0.253 e. The van der Waals surface area contributed by atoms with E-state index in [1.54, 1.807) is 0 Å². The van der Waals surface area contributed by atoms with Crippen molar-refractivity contribution in [3.8, 4) is 0 Å². The quantitative estimate of drug-likeness (QED) is 0.732. The number of nitrogens with zero attached hydrogens (tertiary/aromatic N) is 1. The van der Waals surface area contributed by atoms with E-state index >= 15 is 0 Å². The molecule has 2 atom stereocenters. The summed E-state index contributed by atoms with van der Waals surface area (Å²) in [5, 5.41) is 1.98. The first kappa shape index (κ1) is 16.6. The van der Waals surface area contributed by atoms with E-state index in [1.165, 1.54) is 12.0 Å². The van der Waals surface area contributed by atoms with Gasteiger partial charge in [0.1, 0.15) is 0 Å². The van der Waals surface area contributed by atoms with E-state index in [-0.39, 0.29) is 0 Å². The molecule has 1 fully saturated rings. The van der Waals surface area contributed by atoms with Gasteiger partial charge in [-0.25, -0.2) is 4.31 Å². The average Bonchev–Trinajstić information content (AvgIpc) is 2.36. The zero-order valence-electron chi connectivity index (χ0n) is 13.8. The van der Waals surface area contributed by atoms with Crippen LogP contribution in [0.15, 0.2) is 30.3 Å². The Morgan fingerprint density at radius 1 is 1.29 bits per heavy atom. The van der Waals surface area contributed by atoms with Gasteiger partial charge in [-0.15, -0.1) is 0 Å². The van der Waals surface area contributed by atoms with Crippen LogP contribution in [0.3, 0.4) is 0 Å². The summed E-state index contributed by atoms with van der Waals surface area (Å²) in [4.78, 5) is 0. The summed E-state index contributed by atoms with van der Waals surface area (Å²) in [5.74, 6) is 1.93. The second-order valence-corrected chi connectivity index (χ2v) is 9.26. The van der Waals surface area contributed by atoms with Crippen molar-refractivity contribution >= 4 is 15.1 Å². The molecule has 1 aromatic carbocycles. The molecule has 0 radical (unpaired) electrons. The maximum atomic E-state index is 12.6. The monoisotopic (exact) mass is 307 g/mol. The lowest BCUT2D eigenvalue weighted by atomic mass is 9.77. The van der Waals surface area contributed by atoms with E-state index in [1.807, 2.05) is 11.6 Å². The van der Waals surface area contributed by atoms with Gasteiger partial charge in [0.2, 0.25) is 0 Å². The van der Waals surface area contributed by atoms with Gasteiger partial charge in [-0.1, -0.05) is 51.1 Å². The molecule has 0 saturated carbocycles. The highest BCUT2D eigenvalue weighted by molar-refractivity contribution is 7.98. The SMILES string of the molecule is CCC=S(C)(=O)N1CC(C(CC(C)C)c2ccccc2)C1. The van der Waals surface area contributed by atoms with Crippen molar-refractivity contribution < 1.29 is 4.21 Å². The summed E-state index contributed by atoms with van der Waals surface area (Å²) < 4.78 is 14.7. The van der Waals surface area contributed by atoms with Gasteiger partial charge in [-0.05, 0) is 41.5 Å². The molecule has 1 aliphatic heterocycles. The zero-order valence-corrected chi connectivity index (χ0v) is 14.6. The Bertz CT molecular complexity index is 552. The van der Waals surface area contributed by atoms with Crippen LogP contribution in [0.1, 0.15) is 45.1 Å². The molecule has 1 heterocycles. The van der Waals surface area contributed by atoms with Gasteiger partial charge in [0, 0.05) is 29.1 Å².